The van der Waals surface area contributed by atoms with Crippen LogP contribution >= 0.6 is 0 Å². The first kappa shape index (κ1) is 24.7. The molecule has 6 heteroatoms. The maximum absolute atomic E-state index is 10.6. The van der Waals surface area contributed by atoms with Crippen molar-refractivity contribution in [3.05, 3.63) is 84.6 Å². The van der Waals surface area contributed by atoms with E-state index in [9.17, 15) is 5.11 Å². The fourth-order valence-corrected chi connectivity index (χ4v) is 3.75. The first-order chi connectivity index (χ1) is 16.2. The summed E-state index contributed by atoms with van der Waals surface area (Å²) in [5.74, 6) is 1.46. The SMILES string of the molecule is C=CCC[C@H](O)CN(CCOC)Cc1c(CC)nn(-c2ccccc2)c1Oc1ccccc1. The second-order valence-corrected chi connectivity index (χ2v) is 7.99. The molecule has 6 nitrogen and oxygen atoms in total. The number of aromatic nitrogens is 2. The molecule has 0 spiro atoms. The van der Waals surface area contributed by atoms with E-state index in [1.165, 1.54) is 0 Å². The van der Waals surface area contributed by atoms with Crippen LogP contribution in [0.1, 0.15) is 31.0 Å². The number of hydrogen-bond acceptors (Lipinski definition) is 5. The quantitative estimate of drug-likeness (QED) is 0.351. The van der Waals surface area contributed by atoms with Crippen molar-refractivity contribution in [2.24, 2.45) is 0 Å². The molecule has 0 fully saturated rings. The average Bonchev–Trinajstić information content (AvgIpc) is 3.19. The van der Waals surface area contributed by atoms with Crippen molar-refractivity contribution in [1.82, 2.24) is 14.7 Å². The molecule has 3 rings (SSSR count). The van der Waals surface area contributed by atoms with Crippen molar-refractivity contribution < 1.29 is 14.6 Å². The minimum absolute atomic E-state index is 0.437. The lowest BCUT2D eigenvalue weighted by Gasteiger charge is -2.25. The minimum Gasteiger partial charge on any atom is -0.439 e. The van der Waals surface area contributed by atoms with Gasteiger partial charge in [-0.1, -0.05) is 49.4 Å². The van der Waals surface area contributed by atoms with E-state index < -0.39 is 6.10 Å². The van der Waals surface area contributed by atoms with Crippen molar-refractivity contribution in [3.8, 4) is 17.3 Å². The number of aliphatic hydroxyl groups excluding tert-OH is 1. The zero-order valence-corrected chi connectivity index (χ0v) is 19.7. The lowest BCUT2D eigenvalue weighted by molar-refractivity contribution is 0.0804. The highest BCUT2D eigenvalue weighted by Crippen LogP contribution is 2.32. The van der Waals surface area contributed by atoms with Gasteiger partial charge in [-0.25, -0.2) is 4.68 Å². The summed E-state index contributed by atoms with van der Waals surface area (Å²) in [7, 11) is 1.70. The molecule has 2 aromatic carbocycles. The molecule has 0 amide bonds. The molecule has 33 heavy (non-hydrogen) atoms. The Kier molecular flexibility index (Phi) is 9.69. The fraction of sp³-hybridized carbons (Fsp3) is 0.370. The van der Waals surface area contributed by atoms with Crippen molar-refractivity contribution in [1.29, 1.82) is 0 Å². The van der Waals surface area contributed by atoms with E-state index in [0.717, 1.165) is 35.5 Å². The maximum Gasteiger partial charge on any atom is 0.227 e. The van der Waals surface area contributed by atoms with Crippen LogP contribution in [0.25, 0.3) is 5.69 Å². The third-order valence-electron chi connectivity index (χ3n) is 5.48. The molecule has 0 aliphatic heterocycles. The number of methoxy groups -OCH3 is 1. The van der Waals surface area contributed by atoms with E-state index >= 15 is 0 Å². The Morgan fingerprint density at radius 1 is 1.12 bits per heavy atom. The number of hydrogen-bond donors (Lipinski definition) is 1. The minimum atomic E-state index is -0.437. The summed E-state index contributed by atoms with van der Waals surface area (Å²) in [6.07, 6.45) is 3.65. The van der Waals surface area contributed by atoms with Gasteiger partial charge in [0.2, 0.25) is 5.88 Å². The zero-order valence-electron chi connectivity index (χ0n) is 19.7. The Bertz CT molecular complexity index is 973. The Morgan fingerprint density at radius 3 is 2.45 bits per heavy atom. The fourth-order valence-electron chi connectivity index (χ4n) is 3.75. The molecule has 1 atom stereocenters. The third-order valence-corrected chi connectivity index (χ3v) is 5.48. The first-order valence-corrected chi connectivity index (χ1v) is 11.6. The number of benzene rings is 2. The van der Waals surface area contributed by atoms with Gasteiger partial charge < -0.3 is 14.6 Å². The first-order valence-electron chi connectivity index (χ1n) is 11.6. The largest absolute Gasteiger partial charge is 0.439 e. The van der Waals surface area contributed by atoms with Gasteiger partial charge in [0.25, 0.3) is 0 Å². The van der Waals surface area contributed by atoms with Gasteiger partial charge in [0.05, 0.1) is 29.7 Å². The summed E-state index contributed by atoms with van der Waals surface area (Å²) < 4.78 is 13.6. The molecular weight excluding hydrogens is 414 g/mol. The molecule has 0 radical (unpaired) electrons. The van der Waals surface area contributed by atoms with Gasteiger partial charge in [-0.3, -0.25) is 4.90 Å². The van der Waals surface area contributed by atoms with Crippen molar-refractivity contribution >= 4 is 0 Å². The number of para-hydroxylation sites is 2. The second kappa shape index (κ2) is 12.9. The summed E-state index contributed by atoms with van der Waals surface area (Å²) in [4.78, 5) is 2.21. The van der Waals surface area contributed by atoms with Crippen molar-refractivity contribution in [3.63, 3.8) is 0 Å². The molecule has 0 saturated carbocycles. The van der Waals surface area contributed by atoms with E-state index in [-0.39, 0.29) is 0 Å². The Hall–Kier alpha value is -2.93. The topological polar surface area (TPSA) is 59.8 Å². The normalized spacial score (nSPS) is 12.1. The van der Waals surface area contributed by atoms with Gasteiger partial charge in [0.1, 0.15) is 5.75 Å². The summed E-state index contributed by atoms with van der Waals surface area (Å²) >= 11 is 0. The molecule has 0 unspecified atom stereocenters. The van der Waals surface area contributed by atoms with E-state index in [0.29, 0.717) is 38.5 Å². The van der Waals surface area contributed by atoms with Crippen LogP contribution in [0.3, 0.4) is 0 Å². The molecule has 1 N–H and O–H groups in total. The molecular formula is C27H35N3O3. The summed E-state index contributed by atoms with van der Waals surface area (Å²) in [6, 6.07) is 19.8. The van der Waals surface area contributed by atoms with Gasteiger partial charge in [-0.15, -0.1) is 6.58 Å². The zero-order chi connectivity index (χ0) is 23.5. The third kappa shape index (κ3) is 7.02. The molecule has 3 aromatic rings. The maximum atomic E-state index is 10.6. The molecule has 0 aliphatic rings. The second-order valence-electron chi connectivity index (χ2n) is 7.99. The summed E-state index contributed by atoms with van der Waals surface area (Å²) in [5, 5.41) is 15.5. The number of ether oxygens (including phenoxy) is 2. The van der Waals surface area contributed by atoms with Gasteiger partial charge >= 0.3 is 0 Å². The summed E-state index contributed by atoms with van der Waals surface area (Å²) in [5.41, 5.74) is 2.95. The van der Waals surface area contributed by atoms with Crippen molar-refractivity contribution in [2.45, 2.75) is 38.8 Å². The van der Waals surface area contributed by atoms with E-state index in [4.69, 9.17) is 14.6 Å². The number of aliphatic hydroxyl groups is 1. The van der Waals surface area contributed by atoms with Crippen LogP contribution in [0.4, 0.5) is 0 Å². The Morgan fingerprint density at radius 2 is 1.82 bits per heavy atom. The summed E-state index contributed by atoms with van der Waals surface area (Å²) in [6.45, 7) is 8.29. The molecule has 0 aliphatic carbocycles. The lowest BCUT2D eigenvalue weighted by atomic mass is 10.1. The Labute approximate surface area is 197 Å². The number of rotatable bonds is 14. The molecule has 0 saturated heterocycles. The van der Waals surface area contributed by atoms with Gasteiger partial charge in [0.15, 0.2) is 0 Å². The van der Waals surface area contributed by atoms with Crippen LogP contribution in [-0.2, 0) is 17.7 Å². The van der Waals surface area contributed by atoms with Crippen LogP contribution in [-0.4, -0.2) is 52.7 Å². The van der Waals surface area contributed by atoms with Crippen LogP contribution in [0.5, 0.6) is 11.6 Å². The highest BCUT2D eigenvalue weighted by molar-refractivity contribution is 5.43. The van der Waals surface area contributed by atoms with Gasteiger partial charge in [-0.05, 0) is 43.5 Å². The van der Waals surface area contributed by atoms with Gasteiger partial charge in [-0.2, -0.15) is 5.10 Å². The van der Waals surface area contributed by atoms with Crippen LogP contribution in [0.15, 0.2) is 73.3 Å². The van der Waals surface area contributed by atoms with Crippen LogP contribution in [0.2, 0.25) is 0 Å². The highest BCUT2D eigenvalue weighted by Gasteiger charge is 2.23. The standard InChI is InChI=1S/C27H35N3O3/c1-4-6-15-23(31)20-29(18-19-32-3)21-25-26(5-2)28-30(22-13-9-7-10-14-22)27(25)33-24-16-11-8-12-17-24/h4,7-14,16-17,23,31H,1,5-6,15,18-21H2,2-3H3/t23-/m0/s1. The van der Waals surface area contributed by atoms with E-state index in [1.54, 1.807) is 7.11 Å². The molecule has 1 aromatic heterocycles. The Balaban J connectivity index is 1.98. The van der Waals surface area contributed by atoms with Gasteiger partial charge in [0, 0.05) is 26.7 Å². The molecule has 0 bridgehead atoms. The van der Waals surface area contributed by atoms with Crippen molar-refractivity contribution in [2.75, 3.05) is 26.8 Å². The van der Waals surface area contributed by atoms with Crippen LogP contribution in [0, 0.1) is 0 Å². The average molecular weight is 450 g/mol. The predicted molar refractivity (Wildman–Crippen MR) is 132 cm³/mol. The smallest absolute Gasteiger partial charge is 0.227 e. The highest BCUT2D eigenvalue weighted by atomic mass is 16.5. The monoisotopic (exact) mass is 449 g/mol. The molecule has 176 valence electrons. The lowest BCUT2D eigenvalue weighted by Crippen LogP contribution is -2.34. The number of nitrogens with zero attached hydrogens (tertiary/aromatic N) is 3. The van der Waals surface area contributed by atoms with Crippen LogP contribution < -0.4 is 4.74 Å². The van der Waals surface area contributed by atoms with E-state index in [1.807, 2.05) is 71.4 Å². The number of allylic oxidation sites excluding steroid dienone is 1. The predicted octanol–water partition coefficient (Wildman–Crippen LogP) is 5.00. The number of aryl methyl sites for hydroxylation is 1. The van der Waals surface area contributed by atoms with E-state index in [2.05, 4.69) is 18.4 Å². The molecule has 1 heterocycles.